The van der Waals surface area contributed by atoms with Crippen LogP contribution in [0.1, 0.15) is 31.6 Å². The molecule has 1 aromatic heterocycles. The van der Waals surface area contributed by atoms with Crippen LogP contribution < -0.4 is 11.1 Å². The predicted octanol–water partition coefficient (Wildman–Crippen LogP) is 1.27. The maximum absolute atomic E-state index is 12.6. The van der Waals surface area contributed by atoms with Crippen molar-refractivity contribution in [3.63, 3.8) is 0 Å². The van der Waals surface area contributed by atoms with E-state index in [9.17, 15) is 13.6 Å². The van der Waals surface area contributed by atoms with Crippen molar-refractivity contribution in [1.29, 1.82) is 0 Å². The Morgan fingerprint density at radius 1 is 1.58 bits per heavy atom. The molecule has 1 heterocycles. The van der Waals surface area contributed by atoms with Gasteiger partial charge in [0.05, 0.1) is 6.54 Å². The third-order valence-corrected chi connectivity index (χ3v) is 3.68. The van der Waals surface area contributed by atoms with E-state index in [4.69, 9.17) is 5.73 Å². The van der Waals surface area contributed by atoms with Crippen LogP contribution in [0.2, 0.25) is 0 Å². The van der Waals surface area contributed by atoms with Gasteiger partial charge in [-0.1, -0.05) is 6.42 Å². The molecule has 2 rings (SSSR count). The zero-order chi connectivity index (χ0) is 13.8. The molecule has 7 heteroatoms. The van der Waals surface area contributed by atoms with Crippen molar-refractivity contribution < 1.29 is 13.6 Å². The molecule has 1 amide bonds. The minimum Gasteiger partial charge on any atom is -0.349 e. The number of hydrogen-bond acceptors (Lipinski definition) is 3. The molecule has 0 bridgehead atoms. The summed E-state index contributed by atoms with van der Waals surface area (Å²) in [6.45, 7) is -2.13. The lowest BCUT2D eigenvalue weighted by molar-refractivity contribution is -0.126. The molecule has 3 N–H and O–H groups in total. The Hall–Kier alpha value is -1.50. The molecule has 0 aromatic carbocycles. The zero-order valence-electron chi connectivity index (χ0n) is 10.6. The maximum Gasteiger partial charge on any atom is 0.319 e. The van der Waals surface area contributed by atoms with Gasteiger partial charge in [-0.2, -0.15) is 8.78 Å². The van der Waals surface area contributed by atoms with E-state index in [-0.39, 0.29) is 30.1 Å². The molecule has 106 valence electrons. The Kier molecular flexibility index (Phi) is 4.47. The summed E-state index contributed by atoms with van der Waals surface area (Å²) >= 11 is 0. The number of halogens is 2. The molecule has 19 heavy (non-hydrogen) atoms. The Morgan fingerprint density at radius 3 is 3.05 bits per heavy atom. The van der Waals surface area contributed by atoms with Crippen molar-refractivity contribution in [2.45, 2.75) is 32.4 Å². The van der Waals surface area contributed by atoms with Gasteiger partial charge in [-0.15, -0.1) is 0 Å². The highest BCUT2D eigenvalue weighted by atomic mass is 19.3. The monoisotopic (exact) mass is 272 g/mol. The van der Waals surface area contributed by atoms with E-state index in [0.717, 1.165) is 23.8 Å². The molecule has 2 atom stereocenters. The Bertz CT molecular complexity index is 435. The average molecular weight is 272 g/mol. The fraction of sp³-hybridized carbons (Fsp3) is 0.667. The van der Waals surface area contributed by atoms with Crippen LogP contribution in [-0.2, 0) is 11.3 Å². The molecule has 0 saturated heterocycles. The minimum absolute atomic E-state index is 0.0178. The van der Waals surface area contributed by atoms with Crippen LogP contribution in [0.3, 0.4) is 0 Å². The van der Waals surface area contributed by atoms with Gasteiger partial charge in [-0.05, 0) is 25.3 Å². The van der Waals surface area contributed by atoms with E-state index < -0.39 is 6.55 Å². The molecule has 1 aliphatic rings. The van der Waals surface area contributed by atoms with E-state index in [0.29, 0.717) is 6.54 Å². The Balaban J connectivity index is 1.91. The van der Waals surface area contributed by atoms with E-state index in [2.05, 4.69) is 10.3 Å². The molecular weight excluding hydrogens is 254 g/mol. The molecule has 1 aromatic rings. The molecular formula is C12H18F2N4O. The van der Waals surface area contributed by atoms with Gasteiger partial charge in [0.25, 0.3) is 0 Å². The van der Waals surface area contributed by atoms with E-state index >= 15 is 0 Å². The molecule has 0 unspecified atom stereocenters. The first-order valence-electron chi connectivity index (χ1n) is 6.41. The van der Waals surface area contributed by atoms with Gasteiger partial charge < -0.3 is 11.1 Å². The number of carbonyl (C=O) groups is 1. The van der Waals surface area contributed by atoms with Crippen molar-refractivity contribution in [3.05, 3.63) is 18.2 Å². The minimum atomic E-state index is -2.64. The molecule has 1 saturated carbocycles. The van der Waals surface area contributed by atoms with Gasteiger partial charge in [0, 0.05) is 18.3 Å². The number of nitrogens with zero attached hydrogens (tertiary/aromatic N) is 2. The normalized spacial score (nSPS) is 22.9. The van der Waals surface area contributed by atoms with Gasteiger partial charge in [-0.25, -0.2) is 4.98 Å². The van der Waals surface area contributed by atoms with Crippen molar-refractivity contribution in [2.75, 3.05) is 6.54 Å². The summed E-state index contributed by atoms with van der Waals surface area (Å²) in [5, 5.41) is 2.68. The van der Waals surface area contributed by atoms with Crippen molar-refractivity contribution in [1.82, 2.24) is 14.9 Å². The third kappa shape index (κ3) is 3.09. The lowest BCUT2D eigenvalue weighted by Gasteiger charge is -2.17. The molecule has 5 nitrogen and oxygen atoms in total. The highest BCUT2D eigenvalue weighted by molar-refractivity contribution is 5.79. The maximum atomic E-state index is 12.6. The number of nitrogens with two attached hydrogens (primary N) is 1. The van der Waals surface area contributed by atoms with Gasteiger partial charge in [0.2, 0.25) is 5.91 Å². The summed E-state index contributed by atoms with van der Waals surface area (Å²) in [4.78, 5) is 15.8. The van der Waals surface area contributed by atoms with E-state index in [1.54, 1.807) is 0 Å². The fourth-order valence-electron chi connectivity index (χ4n) is 2.62. The first-order chi connectivity index (χ1) is 9.13. The lowest BCUT2D eigenvalue weighted by atomic mass is 9.95. The molecule has 1 fully saturated rings. The van der Waals surface area contributed by atoms with Crippen LogP contribution in [0.15, 0.2) is 12.4 Å². The highest BCUT2D eigenvalue weighted by Gasteiger charge is 2.31. The number of amides is 1. The zero-order valence-corrected chi connectivity index (χ0v) is 10.6. The van der Waals surface area contributed by atoms with E-state index in [1.165, 1.54) is 12.4 Å². The average Bonchev–Trinajstić information content (AvgIpc) is 3.04. The summed E-state index contributed by atoms with van der Waals surface area (Å²) < 4.78 is 25.9. The number of alkyl halides is 2. The standard InChI is InChI=1S/C12H18F2N4O/c13-12(14)18-5-4-16-10(18)7-17-11(19)9-3-1-2-8(9)6-15/h4-5,8-9,12H,1-3,6-7,15H2,(H,17,19)/t8-,9-/m1/s1. The van der Waals surface area contributed by atoms with Crippen molar-refractivity contribution in [3.8, 4) is 0 Å². The number of rotatable bonds is 5. The molecule has 1 aliphatic carbocycles. The second kappa shape index (κ2) is 6.10. The first kappa shape index (κ1) is 13.9. The van der Waals surface area contributed by atoms with Gasteiger partial charge >= 0.3 is 6.55 Å². The summed E-state index contributed by atoms with van der Waals surface area (Å²) in [6, 6.07) is 0. The molecule has 0 radical (unpaired) electrons. The Morgan fingerprint density at radius 2 is 2.37 bits per heavy atom. The van der Waals surface area contributed by atoms with Gasteiger partial charge in [0.15, 0.2) is 0 Å². The number of aromatic nitrogens is 2. The second-order valence-corrected chi connectivity index (χ2v) is 4.78. The number of carbonyl (C=O) groups excluding carboxylic acids is 1. The third-order valence-electron chi connectivity index (χ3n) is 3.68. The summed E-state index contributed by atoms with van der Waals surface area (Å²) in [5.41, 5.74) is 5.62. The topological polar surface area (TPSA) is 72.9 Å². The first-order valence-corrected chi connectivity index (χ1v) is 6.41. The van der Waals surface area contributed by atoms with Gasteiger partial charge in [-0.3, -0.25) is 9.36 Å². The van der Waals surface area contributed by atoms with Crippen LogP contribution in [0, 0.1) is 11.8 Å². The molecule has 0 aliphatic heterocycles. The largest absolute Gasteiger partial charge is 0.349 e. The molecule has 0 spiro atoms. The highest BCUT2D eigenvalue weighted by Crippen LogP contribution is 2.30. The van der Waals surface area contributed by atoms with Crippen molar-refractivity contribution >= 4 is 5.91 Å². The summed E-state index contributed by atoms with van der Waals surface area (Å²) in [5.74, 6) is 0.150. The number of hydrogen-bond donors (Lipinski definition) is 2. The van der Waals surface area contributed by atoms with Crippen LogP contribution >= 0.6 is 0 Å². The van der Waals surface area contributed by atoms with Crippen LogP contribution in [-0.4, -0.2) is 22.0 Å². The van der Waals surface area contributed by atoms with Crippen LogP contribution in [0.5, 0.6) is 0 Å². The van der Waals surface area contributed by atoms with E-state index in [1.807, 2.05) is 0 Å². The van der Waals surface area contributed by atoms with Crippen molar-refractivity contribution in [2.24, 2.45) is 17.6 Å². The second-order valence-electron chi connectivity index (χ2n) is 4.78. The lowest BCUT2D eigenvalue weighted by Crippen LogP contribution is -2.35. The smallest absolute Gasteiger partial charge is 0.319 e. The quantitative estimate of drug-likeness (QED) is 0.847. The van der Waals surface area contributed by atoms with Crippen LogP contribution in [0.25, 0.3) is 0 Å². The predicted molar refractivity (Wildman–Crippen MR) is 65.2 cm³/mol. The number of nitrogens with one attached hydrogen (secondary N) is 1. The fourth-order valence-corrected chi connectivity index (χ4v) is 2.62. The Labute approximate surface area is 110 Å². The SMILES string of the molecule is NC[C@H]1CCC[C@H]1C(=O)NCc1nccn1C(F)F. The summed E-state index contributed by atoms with van der Waals surface area (Å²) in [6.07, 6.45) is 5.26. The summed E-state index contributed by atoms with van der Waals surface area (Å²) in [7, 11) is 0. The van der Waals surface area contributed by atoms with Gasteiger partial charge in [0.1, 0.15) is 5.82 Å². The van der Waals surface area contributed by atoms with Crippen LogP contribution in [0.4, 0.5) is 8.78 Å². The number of imidazole rings is 1.